The lowest BCUT2D eigenvalue weighted by Crippen LogP contribution is -2.31. The van der Waals surface area contributed by atoms with Crippen molar-refractivity contribution in [2.24, 2.45) is 5.73 Å². The molecule has 0 aliphatic rings. The number of primary amides is 1. The average molecular weight is 358 g/mol. The normalized spacial score (nSPS) is 11.3. The van der Waals surface area contributed by atoms with Crippen LogP contribution in [0.1, 0.15) is 30.0 Å². The SMILES string of the molecule is CC(C)(Nc1ncc(-c2nc(C(N)=O)cs2)cn1)c1ncccc1F. The number of halogens is 1. The van der Waals surface area contributed by atoms with Gasteiger partial charge < -0.3 is 11.1 Å². The highest BCUT2D eigenvalue weighted by Crippen LogP contribution is 2.26. The lowest BCUT2D eigenvalue weighted by Gasteiger charge is -2.25. The first-order valence-electron chi connectivity index (χ1n) is 7.34. The first kappa shape index (κ1) is 16.9. The fourth-order valence-corrected chi connectivity index (χ4v) is 2.99. The molecule has 0 saturated carbocycles. The number of carbonyl (C=O) groups is 1. The van der Waals surface area contributed by atoms with Crippen molar-refractivity contribution >= 4 is 23.2 Å². The van der Waals surface area contributed by atoms with E-state index in [1.807, 2.05) is 0 Å². The Morgan fingerprint density at radius 3 is 2.60 bits per heavy atom. The Kier molecular flexibility index (Phi) is 4.41. The van der Waals surface area contributed by atoms with E-state index < -0.39 is 17.3 Å². The van der Waals surface area contributed by atoms with Crippen molar-refractivity contribution in [1.29, 1.82) is 0 Å². The van der Waals surface area contributed by atoms with Gasteiger partial charge in [-0.25, -0.2) is 19.3 Å². The van der Waals surface area contributed by atoms with Gasteiger partial charge >= 0.3 is 0 Å². The van der Waals surface area contributed by atoms with Crippen LogP contribution >= 0.6 is 11.3 Å². The summed E-state index contributed by atoms with van der Waals surface area (Å²) >= 11 is 1.28. The zero-order valence-corrected chi connectivity index (χ0v) is 14.3. The summed E-state index contributed by atoms with van der Waals surface area (Å²) in [6, 6.07) is 2.89. The third-order valence-electron chi connectivity index (χ3n) is 3.43. The van der Waals surface area contributed by atoms with Gasteiger partial charge in [0, 0.05) is 29.5 Å². The van der Waals surface area contributed by atoms with Crippen LogP contribution in [0.15, 0.2) is 36.1 Å². The van der Waals surface area contributed by atoms with E-state index in [-0.39, 0.29) is 11.4 Å². The molecule has 3 rings (SSSR count). The molecule has 0 radical (unpaired) electrons. The fourth-order valence-electron chi connectivity index (χ4n) is 2.21. The van der Waals surface area contributed by atoms with E-state index in [0.29, 0.717) is 16.5 Å². The summed E-state index contributed by atoms with van der Waals surface area (Å²) in [7, 11) is 0. The number of hydrogen-bond acceptors (Lipinski definition) is 7. The molecule has 0 unspecified atom stereocenters. The van der Waals surface area contributed by atoms with Crippen LogP contribution in [0.2, 0.25) is 0 Å². The van der Waals surface area contributed by atoms with Crippen LogP contribution in [0.25, 0.3) is 10.6 Å². The lowest BCUT2D eigenvalue weighted by molar-refractivity contribution is 0.0996. The van der Waals surface area contributed by atoms with Gasteiger partial charge in [0.15, 0.2) is 0 Å². The summed E-state index contributed by atoms with van der Waals surface area (Å²) in [4.78, 5) is 27.8. The standard InChI is InChI=1S/C16H15FN6OS/c1-16(2,12-10(17)4-3-5-19-12)23-15-20-6-9(7-21-15)14-22-11(8-25-14)13(18)24/h3-8H,1-2H3,(H2,18,24)(H,20,21,23). The van der Waals surface area contributed by atoms with E-state index in [4.69, 9.17) is 5.73 Å². The van der Waals surface area contributed by atoms with Gasteiger partial charge in [-0.1, -0.05) is 0 Å². The van der Waals surface area contributed by atoms with Crippen molar-refractivity contribution < 1.29 is 9.18 Å². The second-order valence-electron chi connectivity index (χ2n) is 5.78. The van der Waals surface area contributed by atoms with Crippen LogP contribution in [-0.4, -0.2) is 25.8 Å². The summed E-state index contributed by atoms with van der Waals surface area (Å²) in [5.74, 6) is -0.662. The first-order chi connectivity index (χ1) is 11.9. The topological polar surface area (TPSA) is 107 Å². The lowest BCUT2D eigenvalue weighted by atomic mass is 9.99. The number of aromatic nitrogens is 4. The van der Waals surface area contributed by atoms with Gasteiger partial charge in [-0.15, -0.1) is 11.3 Å². The highest BCUT2D eigenvalue weighted by Gasteiger charge is 2.26. The van der Waals surface area contributed by atoms with Crippen molar-refractivity contribution in [2.75, 3.05) is 5.32 Å². The molecule has 9 heteroatoms. The molecule has 0 aliphatic carbocycles. The number of nitrogens with two attached hydrogens (primary N) is 1. The van der Waals surface area contributed by atoms with E-state index in [9.17, 15) is 9.18 Å². The molecule has 0 bridgehead atoms. The first-order valence-corrected chi connectivity index (χ1v) is 8.22. The third-order valence-corrected chi connectivity index (χ3v) is 4.32. The zero-order valence-electron chi connectivity index (χ0n) is 13.5. The Morgan fingerprint density at radius 2 is 2.00 bits per heavy atom. The average Bonchev–Trinajstić information content (AvgIpc) is 3.06. The molecular weight excluding hydrogens is 343 g/mol. The molecule has 7 nitrogen and oxygen atoms in total. The molecule has 3 aromatic heterocycles. The summed E-state index contributed by atoms with van der Waals surface area (Å²) in [6.07, 6.45) is 4.68. The second kappa shape index (κ2) is 6.52. The molecule has 3 heterocycles. The molecule has 128 valence electrons. The minimum Gasteiger partial charge on any atom is -0.364 e. The van der Waals surface area contributed by atoms with Gasteiger partial charge in [0.1, 0.15) is 22.2 Å². The Hall–Kier alpha value is -2.94. The molecule has 0 aromatic carbocycles. The number of carbonyl (C=O) groups excluding carboxylic acids is 1. The molecule has 3 N–H and O–H groups in total. The summed E-state index contributed by atoms with van der Waals surface area (Å²) < 4.78 is 14.0. The van der Waals surface area contributed by atoms with E-state index in [1.165, 1.54) is 29.7 Å². The molecule has 0 atom stereocenters. The van der Waals surface area contributed by atoms with Gasteiger partial charge in [-0.2, -0.15) is 0 Å². The van der Waals surface area contributed by atoms with Crippen molar-refractivity contribution in [3.05, 3.63) is 53.3 Å². The van der Waals surface area contributed by atoms with Crippen molar-refractivity contribution in [3.8, 4) is 10.6 Å². The molecule has 0 fully saturated rings. The van der Waals surface area contributed by atoms with Crippen molar-refractivity contribution in [2.45, 2.75) is 19.4 Å². The van der Waals surface area contributed by atoms with E-state index >= 15 is 0 Å². The highest BCUT2D eigenvalue weighted by molar-refractivity contribution is 7.13. The van der Waals surface area contributed by atoms with Gasteiger partial charge in [0.05, 0.1) is 5.54 Å². The number of pyridine rings is 1. The van der Waals surface area contributed by atoms with Crippen LogP contribution in [-0.2, 0) is 5.54 Å². The Labute approximate surface area is 147 Å². The quantitative estimate of drug-likeness (QED) is 0.726. The molecule has 25 heavy (non-hydrogen) atoms. The zero-order chi connectivity index (χ0) is 18.0. The van der Waals surface area contributed by atoms with Crippen molar-refractivity contribution in [3.63, 3.8) is 0 Å². The number of hydrogen-bond donors (Lipinski definition) is 2. The predicted octanol–water partition coefficient (Wildman–Crippen LogP) is 2.58. The molecular formula is C16H15FN6OS. The maximum Gasteiger partial charge on any atom is 0.268 e. The predicted molar refractivity (Wildman–Crippen MR) is 92.5 cm³/mol. The number of thiazole rings is 1. The molecule has 0 aliphatic heterocycles. The third kappa shape index (κ3) is 3.61. The summed E-state index contributed by atoms with van der Waals surface area (Å²) in [6.45, 7) is 3.57. The van der Waals surface area contributed by atoms with E-state index in [0.717, 1.165) is 0 Å². The number of anilines is 1. The van der Waals surface area contributed by atoms with Crippen LogP contribution in [0.3, 0.4) is 0 Å². The second-order valence-corrected chi connectivity index (χ2v) is 6.64. The van der Waals surface area contributed by atoms with Gasteiger partial charge in [0.2, 0.25) is 5.95 Å². The van der Waals surface area contributed by atoms with Crippen molar-refractivity contribution in [1.82, 2.24) is 19.9 Å². The molecule has 0 spiro atoms. The van der Waals surface area contributed by atoms with E-state index in [1.54, 1.807) is 31.6 Å². The highest BCUT2D eigenvalue weighted by atomic mass is 32.1. The summed E-state index contributed by atoms with van der Waals surface area (Å²) in [5.41, 5.74) is 5.53. The molecule has 0 saturated heterocycles. The fraction of sp³-hybridized carbons (Fsp3) is 0.188. The number of nitrogens with one attached hydrogen (secondary N) is 1. The Balaban J connectivity index is 1.80. The van der Waals surface area contributed by atoms with Crippen LogP contribution in [0.4, 0.5) is 10.3 Å². The Morgan fingerprint density at radius 1 is 1.28 bits per heavy atom. The minimum atomic E-state index is -0.798. The van der Waals surface area contributed by atoms with E-state index in [2.05, 4.69) is 25.3 Å². The van der Waals surface area contributed by atoms with Gasteiger partial charge in [-0.3, -0.25) is 9.78 Å². The summed E-state index contributed by atoms with van der Waals surface area (Å²) in [5, 5.41) is 5.23. The minimum absolute atomic E-state index is 0.203. The largest absolute Gasteiger partial charge is 0.364 e. The van der Waals surface area contributed by atoms with Gasteiger partial charge in [0.25, 0.3) is 5.91 Å². The smallest absolute Gasteiger partial charge is 0.268 e. The van der Waals surface area contributed by atoms with Crippen LogP contribution < -0.4 is 11.1 Å². The van der Waals surface area contributed by atoms with Gasteiger partial charge in [-0.05, 0) is 26.0 Å². The maximum atomic E-state index is 14.0. The Bertz CT molecular complexity index is 909. The van der Waals surface area contributed by atoms with Crippen LogP contribution in [0, 0.1) is 5.82 Å². The molecule has 3 aromatic rings. The number of amides is 1. The molecule has 1 amide bonds. The van der Waals surface area contributed by atoms with Crippen LogP contribution in [0.5, 0.6) is 0 Å². The number of nitrogens with zero attached hydrogens (tertiary/aromatic N) is 4. The maximum absolute atomic E-state index is 14.0. The monoisotopic (exact) mass is 358 g/mol. The number of rotatable bonds is 5.